The van der Waals surface area contributed by atoms with Crippen molar-refractivity contribution in [1.82, 2.24) is 4.31 Å². The molecule has 1 heterocycles. The number of aryl methyl sites for hydroxylation is 1. The van der Waals surface area contributed by atoms with E-state index in [-0.39, 0.29) is 28.5 Å². The third kappa shape index (κ3) is 3.17. The number of allylic oxidation sites excluding steroid dienone is 1. The van der Waals surface area contributed by atoms with Gasteiger partial charge in [0.05, 0.1) is 11.8 Å². The summed E-state index contributed by atoms with van der Waals surface area (Å²) >= 11 is 1.46. The van der Waals surface area contributed by atoms with E-state index in [4.69, 9.17) is 0 Å². The molecule has 1 aliphatic heterocycles. The van der Waals surface area contributed by atoms with Crippen molar-refractivity contribution in [3.05, 3.63) is 78.4 Å². The second-order valence-corrected chi connectivity index (χ2v) is 14.0. The number of amides is 1. The number of hydrogen-bond acceptors (Lipinski definition) is 4. The van der Waals surface area contributed by atoms with Crippen LogP contribution in [-0.4, -0.2) is 30.4 Å². The van der Waals surface area contributed by atoms with E-state index >= 15 is 0 Å². The fourth-order valence-corrected chi connectivity index (χ4v) is 11.0. The Morgan fingerprint density at radius 2 is 1.85 bits per heavy atom. The summed E-state index contributed by atoms with van der Waals surface area (Å²) in [4.78, 5) is 15.7. The normalized spacial score (nSPS) is 30.0. The van der Waals surface area contributed by atoms with E-state index in [1.54, 1.807) is 6.08 Å². The van der Waals surface area contributed by atoms with Crippen LogP contribution in [0.5, 0.6) is 0 Å². The van der Waals surface area contributed by atoms with Gasteiger partial charge in [0.1, 0.15) is 4.75 Å². The maximum atomic E-state index is 14.7. The molecule has 4 atom stereocenters. The van der Waals surface area contributed by atoms with Gasteiger partial charge in [0.2, 0.25) is 10.0 Å². The smallest absolute Gasteiger partial charge is 0.257 e. The Kier molecular flexibility index (Phi) is 5.56. The van der Waals surface area contributed by atoms with Gasteiger partial charge < -0.3 is 0 Å². The zero-order valence-corrected chi connectivity index (χ0v) is 21.8. The van der Waals surface area contributed by atoms with Gasteiger partial charge in [0.25, 0.3) is 5.91 Å². The van der Waals surface area contributed by atoms with E-state index in [0.29, 0.717) is 12.3 Å². The van der Waals surface area contributed by atoms with E-state index in [9.17, 15) is 13.2 Å². The minimum atomic E-state index is -3.74. The highest BCUT2D eigenvalue weighted by molar-refractivity contribution is 8.01. The van der Waals surface area contributed by atoms with Crippen LogP contribution in [0.15, 0.2) is 72.1 Å². The first kappa shape index (κ1) is 23.7. The number of fused-ring (bicyclic) bond motifs is 1. The monoisotopic (exact) mass is 495 g/mol. The number of rotatable bonds is 6. The molecule has 0 N–H and O–H groups in total. The van der Waals surface area contributed by atoms with E-state index in [0.717, 1.165) is 35.3 Å². The van der Waals surface area contributed by atoms with Crippen molar-refractivity contribution < 1.29 is 13.2 Å². The van der Waals surface area contributed by atoms with Crippen LogP contribution in [0.1, 0.15) is 50.7 Å². The molecule has 3 fully saturated rings. The summed E-state index contributed by atoms with van der Waals surface area (Å²) in [7, 11) is -3.74. The highest BCUT2D eigenvalue weighted by Gasteiger charge is 2.73. The Morgan fingerprint density at radius 3 is 2.50 bits per heavy atom. The molecule has 1 spiro atoms. The number of sulfonamides is 1. The lowest BCUT2D eigenvalue weighted by atomic mass is 9.69. The van der Waals surface area contributed by atoms with Crippen molar-refractivity contribution in [2.45, 2.75) is 62.1 Å². The largest absolute Gasteiger partial charge is 0.272 e. The molecule has 2 aliphatic carbocycles. The van der Waals surface area contributed by atoms with Gasteiger partial charge in [-0.25, -0.2) is 12.7 Å². The molecule has 5 rings (SSSR count). The molecule has 0 aromatic heterocycles. The minimum absolute atomic E-state index is 0.0773. The van der Waals surface area contributed by atoms with E-state index in [1.807, 2.05) is 61.5 Å². The van der Waals surface area contributed by atoms with Crippen molar-refractivity contribution in [1.29, 1.82) is 0 Å². The maximum Gasteiger partial charge on any atom is 0.257 e. The van der Waals surface area contributed by atoms with Gasteiger partial charge in [-0.3, -0.25) is 4.79 Å². The summed E-state index contributed by atoms with van der Waals surface area (Å²) < 4.78 is 27.7. The number of thioether (sulfide) groups is 1. The van der Waals surface area contributed by atoms with Crippen molar-refractivity contribution in [2.75, 3.05) is 5.75 Å². The fourth-order valence-electron chi connectivity index (χ4n) is 6.98. The molecule has 3 aliphatic rings. The van der Waals surface area contributed by atoms with E-state index in [2.05, 4.69) is 20.4 Å². The second kappa shape index (κ2) is 7.99. The first-order chi connectivity index (χ1) is 16.1. The molecule has 6 heteroatoms. The summed E-state index contributed by atoms with van der Waals surface area (Å²) in [6.07, 6.45) is 4.79. The summed E-state index contributed by atoms with van der Waals surface area (Å²) in [6.45, 7) is 10.4. The molecule has 1 amide bonds. The molecular weight excluding hydrogens is 462 g/mol. The number of benzene rings is 2. The summed E-state index contributed by atoms with van der Waals surface area (Å²) in [6, 6.07) is 17.3. The first-order valence-corrected chi connectivity index (χ1v) is 14.5. The first-order valence-electron chi connectivity index (χ1n) is 12.1. The van der Waals surface area contributed by atoms with E-state index < -0.39 is 14.8 Å². The van der Waals surface area contributed by atoms with Gasteiger partial charge in [-0.2, -0.15) is 0 Å². The molecule has 0 radical (unpaired) electrons. The number of carbonyl (C=O) groups excluding carboxylic acids is 1. The van der Waals surface area contributed by atoms with Gasteiger partial charge in [0.15, 0.2) is 0 Å². The van der Waals surface area contributed by atoms with E-state index in [1.165, 1.54) is 16.1 Å². The molecule has 2 bridgehead atoms. The molecule has 1 saturated heterocycles. The highest BCUT2D eigenvalue weighted by Crippen LogP contribution is 2.70. The van der Waals surface area contributed by atoms with Gasteiger partial charge in [-0.1, -0.05) is 68.5 Å². The Hall–Kier alpha value is -2.05. The van der Waals surface area contributed by atoms with Gasteiger partial charge in [-0.05, 0) is 61.1 Å². The molecule has 0 unspecified atom stereocenters. The molecule has 180 valence electrons. The van der Waals surface area contributed by atoms with Crippen molar-refractivity contribution in [3.63, 3.8) is 0 Å². The third-order valence-corrected chi connectivity index (χ3v) is 12.5. The van der Waals surface area contributed by atoms with Crippen molar-refractivity contribution in [2.24, 2.45) is 16.7 Å². The quantitative estimate of drug-likeness (QED) is 0.368. The molecule has 34 heavy (non-hydrogen) atoms. The summed E-state index contributed by atoms with van der Waals surface area (Å²) in [5.41, 5.74) is 1.44. The Labute approximate surface area is 207 Å². The summed E-state index contributed by atoms with van der Waals surface area (Å²) in [5.74, 6) is 0.211. The Balaban J connectivity index is 1.67. The standard InChI is InChI=1S/C28H33NO3S2/c1-5-16-28(21-12-7-6-8-13-21,33-23-14-10-9-11-20(23)2)25(30)29-24-18-22-15-17-27(24,26(22,3)4)19-34(29,31)32/h5-14,22,24H,1,15-19H2,2-4H3/t22-,24+,27-,28-/m1/s1. The molecular formula is C28H33NO3S2. The van der Waals surface area contributed by atoms with Gasteiger partial charge >= 0.3 is 0 Å². The zero-order valence-electron chi connectivity index (χ0n) is 20.2. The van der Waals surface area contributed by atoms with Crippen molar-refractivity contribution >= 4 is 27.7 Å². The van der Waals surface area contributed by atoms with Crippen LogP contribution in [0.4, 0.5) is 0 Å². The highest BCUT2D eigenvalue weighted by atomic mass is 32.2. The fraction of sp³-hybridized carbons (Fsp3) is 0.464. The van der Waals surface area contributed by atoms with Crippen LogP contribution >= 0.6 is 11.8 Å². The second-order valence-electron chi connectivity index (χ2n) is 10.8. The molecule has 4 nitrogen and oxygen atoms in total. The predicted molar refractivity (Wildman–Crippen MR) is 138 cm³/mol. The number of nitrogens with zero attached hydrogens (tertiary/aromatic N) is 1. The lowest BCUT2D eigenvalue weighted by Crippen LogP contribution is -2.51. The summed E-state index contributed by atoms with van der Waals surface area (Å²) in [5, 5.41) is 0. The zero-order chi connectivity index (χ0) is 24.4. The minimum Gasteiger partial charge on any atom is -0.272 e. The number of hydrogen-bond donors (Lipinski definition) is 0. The predicted octanol–water partition coefficient (Wildman–Crippen LogP) is 5.93. The van der Waals surface area contributed by atoms with Crippen LogP contribution in [0.25, 0.3) is 0 Å². The van der Waals surface area contributed by atoms with Crippen LogP contribution in [0, 0.1) is 23.7 Å². The Bertz CT molecular complexity index is 1240. The maximum absolute atomic E-state index is 14.7. The average Bonchev–Trinajstić information content (AvgIpc) is 3.28. The lowest BCUT2D eigenvalue weighted by Gasteiger charge is -2.40. The van der Waals surface area contributed by atoms with Crippen molar-refractivity contribution in [3.8, 4) is 0 Å². The van der Waals surface area contributed by atoms with Gasteiger partial charge in [0, 0.05) is 10.3 Å². The Morgan fingerprint density at radius 1 is 1.18 bits per heavy atom. The third-order valence-electron chi connectivity index (χ3n) is 9.01. The molecule has 2 aromatic carbocycles. The van der Waals surface area contributed by atoms with Crippen LogP contribution in [0.2, 0.25) is 0 Å². The molecule has 2 saturated carbocycles. The van der Waals surface area contributed by atoms with Crippen LogP contribution < -0.4 is 0 Å². The van der Waals surface area contributed by atoms with Gasteiger partial charge in [-0.15, -0.1) is 18.3 Å². The topological polar surface area (TPSA) is 54.5 Å². The SMILES string of the molecule is C=CC[C@](Sc1ccccc1C)(C(=O)N1[C@H]2C[C@H]3CC[C@]2(CS1(=O)=O)C3(C)C)c1ccccc1. The average molecular weight is 496 g/mol. The van der Waals surface area contributed by atoms with Crippen LogP contribution in [-0.2, 0) is 19.6 Å². The van der Waals surface area contributed by atoms with Crippen LogP contribution in [0.3, 0.4) is 0 Å². The lowest BCUT2D eigenvalue weighted by molar-refractivity contribution is -0.131. The molecule has 2 aromatic rings. The number of carbonyl (C=O) groups is 1.